The van der Waals surface area contributed by atoms with E-state index >= 15 is 0 Å². The first-order chi connectivity index (χ1) is 21.1. The molecule has 6 N–H and O–H groups in total. The number of rotatable bonds is 38. The predicted octanol–water partition coefficient (Wildman–Crippen LogP) is 11.5. The number of nitrogens with two attached hydrogens (primary N) is 2. The molecule has 0 bridgehead atoms. The van der Waals surface area contributed by atoms with Crippen LogP contribution in [0.2, 0.25) is 0 Å². The van der Waals surface area contributed by atoms with E-state index in [1.807, 2.05) is 0 Å². The van der Waals surface area contributed by atoms with Crippen molar-refractivity contribution < 1.29 is 31.5 Å². The summed E-state index contributed by atoms with van der Waals surface area (Å²) in [6, 6.07) is 0. The number of hydrogen-bond acceptors (Lipinski definition) is 4. The zero-order valence-electron chi connectivity index (χ0n) is 30.2. The van der Waals surface area contributed by atoms with Crippen LogP contribution in [0.5, 0.6) is 0 Å². The molecule has 0 aromatic rings. The Balaban J connectivity index is 0. The van der Waals surface area contributed by atoms with Crippen molar-refractivity contribution in [3.05, 3.63) is 0 Å². The van der Waals surface area contributed by atoms with Crippen LogP contribution < -0.4 is 8.58 Å². The van der Waals surface area contributed by atoms with Crippen LogP contribution in [0, 0.1) is 0 Å². The summed E-state index contributed by atoms with van der Waals surface area (Å²) in [7, 11) is 0. The Hall–Kier alpha value is 0.488. The van der Waals surface area contributed by atoms with Crippen LogP contribution in [0.1, 0.15) is 219 Å². The van der Waals surface area contributed by atoms with Crippen molar-refractivity contribution in [2.24, 2.45) is 8.58 Å². The van der Waals surface area contributed by atoms with Gasteiger partial charge in [-0.25, -0.2) is 0 Å². The van der Waals surface area contributed by atoms with Crippen molar-refractivity contribution in [3.8, 4) is 0 Å². The van der Waals surface area contributed by atoms with E-state index in [1.165, 1.54) is 193 Å². The molecule has 0 radical (unpaired) electrons. The van der Waals surface area contributed by atoms with Crippen LogP contribution >= 0.6 is 0 Å². The molecule has 0 aromatic carbocycles. The van der Waals surface area contributed by atoms with E-state index in [4.69, 9.17) is 18.1 Å². The van der Waals surface area contributed by atoms with Crippen molar-refractivity contribution >= 4 is 0 Å². The Morgan fingerprint density at radius 3 is 0.705 bits per heavy atom. The van der Waals surface area contributed by atoms with E-state index in [-0.39, 0.29) is 5.48 Å². The first-order valence-electron chi connectivity index (χ1n) is 19.4. The zero-order valence-corrected chi connectivity index (χ0v) is 32.5. The smallest absolute Gasteiger partial charge is 0.412 e. The van der Waals surface area contributed by atoms with Gasteiger partial charge in [0, 0.05) is 0 Å². The second kappa shape index (κ2) is 39.7. The van der Waals surface area contributed by atoms with E-state index < -0.39 is 16.6 Å². The topological polar surface area (TPSA) is 102 Å². The fourth-order valence-corrected chi connectivity index (χ4v) is 8.43. The molecule has 0 atom stereocenters. The van der Waals surface area contributed by atoms with E-state index in [0.717, 1.165) is 26.1 Å². The molecular weight excluding hydrogens is 728 g/mol. The molecule has 0 rings (SSSR count). The maximum atomic E-state index is 6.37. The molecule has 0 amide bonds. The van der Waals surface area contributed by atoms with Crippen molar-refractivity contribution in [3.63, 3.8) is 0 Å². The van der Waals surface area contributed by atoms with Crippen molar-refractivity contribution in [1.29, 1.82) is 0 Å². The molecule has 0 unspecified atom stereocenters. The quantitative estimate of drug-likeness (QED) is 0.0606. The molecule has 274 valence electrons. The van der Waals surface area contributed by atoms with Crippen LogP contribution in [-0.2, 0) is 26.0 Å². The third kappa shape index (κ3) is 40.5. The fraction of sp³-hybridized carbons (Fsp3) is 1.00. The van der Waals surface area contributed by atoms with Gasteiger partial charge in [-0.05, 0) is 0 Å². The first kappa shape index (κ1) is 46.6. The minimum absolute atomic E-state index is 0. The van der Waals surface area contributed by atoms with Gasteiger partial charge in [-0.2, -0.15) is 0 Å². The van der Waals surface area contributed by atoms with Gasteiger partial charge < -0.3 is 5.48 Å². The third-order valence-electron chi connectivity index (χ3n) is 8.75. The monoisotopic (exact) mass is 812 g/mol. The molecule has 6 heteroatoms. The number of hydrogen-bond donors (Lipinski definition) is 2. The summed E-state index contributed by atoms with van der Waals surface area (Å²) in [4.78, 5) is 1.12. The number of ether oxygens (including phenoxy) is 2. The molecule has 0 spiro atoms. The summed E-state index contributed by atoms with van der Waals surface area (Å²) < 4.78 is 24.4. The molecule has 0 aliphatic carbocycles. The fourth-order valence-electron chi connectivity index (χ4n) is 5.86. The van der Waals surface area contributed by atoms with Crippen molar-refractivity contribution in [1.82, 2.24) is 0 Å². The van der Waals surface area contributed by atoms with Crippen LogP contribution in [-0.4, -0.2) is 28.7 Å². The van der Waals surface area contributed by atoms with E-state index in [1.54, 1.807) is 0 Å². The molecule has 0 saturated heterocycles. The maximum absolute atomic E-state index is 6.37. The van der Waals surface area contributed by atoms with Crippen LogP contribution in [0.3, 0.4) is 0 Å². The van der Waals surface area contributed by atoms with E-state index in [9.17, 15) is 0 Å². The third-order valence-corrected chi connectivity index (χ3v) is 12.1. The molecule has 0 fully saturated rings. The van der Waals surface area contributed by atoms with Crippen LogP contribution in [0.25, 0.3) is 0 Å². The Morgan fingerprint density at radius 2 is 0.500 bits per heavy atom. The van der Waals surface area contributed by atoms with Crippen molar-refractivity contribution in [2.75, 3.05) is 23.2 Å². The minimum atomic E-state index is -2.82. The number of unbranched alkanes of at least 4 members (excludes halogenated alkanes) is 30. The molecule has 44 heavy (non-hydrogen) atoms. The molecule has 0 aliphatic heterocycles. The SMILES string of the molecule is CCCCCCCCCCCCCCCCCCO[CH2][Pt]([NH2])([NH2])[CH2]OCCCCCCCCCCCCCCCCCC.O. The summed E-state index contributed by atoms with van der Waals surface area (Å²) >= 11 is -2.82. The van der Waals surface area contributed by atoms with Gasteiger partial charge in [-0.15, -0.1) is 0 Å². The molecule has 5 nitrogen and oxygen atoms in total. The summed E-state index contributed by atoms with van der Waals surface area (Å²) in [6.07, 6.45) is 44.6. The standard InChI is InChI=1S/2C19H39O.2H2N.H2O.Pt/c2*1-3-4-5-6-7-8-9-10-11-12-13-14-15-16-17-18-19-20-2;;;;/h2*2-19H2,1H3;3*1H2;/q;;2*-1;;+2. The predicted molar refractivity (Wildman–Crippen MR) is 193 cm³/mol. The van der Waals surface area contributed by atoms with Gasteiger partial charge in [0.15, 0.2) is 0 Å². The molecule has 0 aromatic heterocycles. The van der Waals surface area contributed by atoms with Gasteiger partial charge in [0.2, 0.25) is 0 Å². The Labute approximate surface area is 281 Å². The van der Waals surface area contributed by atoms with Gasteiger partial charge in [0.1, 0.15) is 0 Å². The van der Waals surface area contributed by atoms with Crippen LogP contribution in [0.15, 0.2) is 0 Å². The molecule has 0 saturated carbocycles. The zero-order chi connectivity index (χ0) is 31.4. The average molecular weight is 812 g/mol. The second-order valence-corrected chi connectivity index (χ2v) is 20.3. The Kier molecular flexibility index (Phi) is 42.0. The van der Waals surface area contributed by atoms with Gasteiger partial charge in [-0.3, -0.25) is 0 Å². The summed E-state index contributed by atoms with van der Waals surface area (Å²) in [5.41, 5.74) is 0. The second-order valence-electron chi connectivity index (χ2n) is 13.4. The van der Waals surface area contributed by atoms with Crippen molar-refractivity contribution in [2.45, 2.75) is 219 Å². The van der Waals surface area contributed by atoms with Gasteiger partial charge >= 0.3 is 173 Å². The van der Waals surface area contributed by atoms with Gasteiger partial charge in [-0.1, -0.05) is 104 Å². The summed E-state index contributed by atoms with van der Waals surface area (Å²) in [6.45, 7) is 6.20. The minimum Gasteiger partial charge on any atom is -0.412 e. The Bertz CT molecular complexity index is 468. The Morgan fingerprint density at radius 1 is 0.318 bits per heavy atom. The average Bonchev–Trinajstić information content (AvgIpc) is 3.00. The van der Waals surface area contributed by atoms with Gasteiger partial charge in [0.05, 0.1) is 0 Å². The molecular formula is C38H84N2O3Pt. The van der Waals surface area contributed by atoms with Crippen LogP contribution in [0.4, 0.5) is 0 Å². The first-order valence-corrected chi connectivity index (χ1v) is 25.2. The normalized spacial score (nSPS) is 12.1. The molecule has 0 aliphatic rings. The van der Waals surface area contributed by atoms with E-state index in [2.05, 4.69) is 13.8 Å². The van der Waals surface area contributed by atoms with Gasteiger partial charge in [0.25, 0.3) is 0 Å². The summed E-state index contributed by atoms with van der Waals surface area (Å²) in [5, 5.41) is 0. The van der Waals surface area contributed by atoms with E-state index in [0.29, 0.717) is 9.99 Å². The summed E-state index contributed by atoms with van der Waals surface area (Å²) in [5.74, 6) is 0. The molecule has 0 heterocycles.